The van der Waals surface area contributed by atoms with E-state index < -0.39 is 0 Å². The second-order valence-electron chi connectivity index (χ2n) is 4.74. The van der Waals surface area contributed by atoms with E-state index in [0.717, 1.165) is 25.7 Å². The predicted molar refractivity (Wildman–Crippen MR) is 49.0 cm³/mol. The fourth-order valence-corrected chi connectivity index (χ4v) is 3.08. The lowest BCUT2D eigenvalue weighted by molar-refractivity contribution is 0.167. The molecule has 0 unspecified atom stereocenters. The minimum atomic E-state index is -0.176. The molecular formula is C9H15N3O. The summed E-state index contributed by atoms with van der Waals surface area (Å²) in [5.41, 5.74) is 8.24. The molecule has 4 heteroatoms. The van der Waals surface area contributed by atoms with E-state index in [0.29, 0.717) is 11.8 Å². The van der Waals surface area contributed by atoms with Crippen LogP contribution >= 0.6 is 0 Å². The fraction of sp³-hybridized carbons (Fsp3) is 1.00. The highest BCUT2D eigenvalue weighted by molar-refractivity contribution is 5.01. The van der Waals surface area contributed by atoms with E-state index >= 15 is 0 Å². The van der Waals surface area contributed by atoms with Crippen molar-refractivity contribution in [1.82, 2.24) is 0 Å². The molecule has 0 aromatic heterocycles. The van der Waals surface area contributed by atoms with Gasteiger partial charge in [0.05, 0.1) is 6.10 Å². The predicted octanol–water partition coefficient (Wildman–Crippen LogP) is 2.24. The molecule has 0 aliphatic heterocycles. The van der Waals surface area contributed by atoms with E-state index in [1.54, 1.807) is 0 Å². The summed E-state index contributed by atoms with van der Waals surface area (Å²) in [5, 5.41) is 13.3. The van der Waals surface area contributed by atoms with Crippen LogP contribution in [0, 0.1) is 11.8 Å². The molecule has 0 spiro atoms. The maximum absolute atomic E-state index is 9.43. The second-order valence-corrected chi connectivity index (χ2v) is 4.74. The molecule has 2 rings (SSSR count). The summed E-state index contributed by atoms with van der Waals surface area (Å²) in [6.45, 7) is 2.03. The monoisotopic (exact) mass is 181 g/mol. The highest BCUT2D eigenvalue weighted by Crippen LogP contribution is 2.50. The molecule has 0 aromatic carbocycles. The van der Waals surface area contributed by atoms with Gasteiger partial charge in [-0.05, 0) is 43.1 Å². The standard InChI is InChI=1S/C9H15N3O/c1-9(11-12-10)4-6-2-8(13)3-7(6)5-9/h6-8,13H,2-5H2,1H3/t6-,7+,8+,9+. The first-order chi connectivity index (χ1) is 6.13. The van der Waals surface area contributed by atoms with Crippen molar-refractivity contribution in [2.45, 2.75) is 44.2 Å². The Balaban J connectivity index is 2.08. The Morgan fingerprint density at radius 2 is 1.92 bits per heavy atom. The number of rotatable bonds is 1. The van der Waals surface area contributed by atoms with Crippen molar-refractivity contribution in [2.24, 2.45) is 17.0 Å². The fourth-order valence-electron chi connectivity index (χ4n) is 3.08. The van der Waals surface area contributed by atoms with Gasteiger partial charge in [-0.25, -0.2) is 0 Å². The molecule has 1 N–H and O–H groups in total. The van der Waals surface area contributed by atoms with Gasteiger partial charge in [0.15, 0.2) is 0 Å². The van der Waals surface area contributed by atoms with Gasteiger partial charge in [-0.3, -0.25) is 0 Å². The normalized spacial score (nSPS) is 48.6. The maximum atomic E-state index is 9.43. The van der Waals surface area contributed by atoms with E-state index in [1.807, 2.05) is 6.92 Å². The van der Waals surface area contributed by atoms with Crippen LogP contribution in [0.25, 0.3) is 10.4 Å². The Labute approximate surface area is 77.6 Å². The molecule has 13 heavy (non-hydrogen) atoms. The van der Waals surface area contributed by atoms with Crippen LogP contribution < -0.4 is 0 Å². The van der Waals surface area contributed by atoms with Gasteiger partial charge in [0.25, 0.3) is 0 Å². The van der Waals surface area contributed by atoms with Crippen molar-refractivity contribution in [3.8, 4) is 0 Å². The molecule has 0 saturated heterocycles. The maximum Gasteiger partial charge on any atom is 0.0545 e. The van der Waals surface area contributed by atoms with E-state index in [2.05, 4.69) is 10.0 Å². The third-order valence-corrected chi connectivity index (χ3v) is 3.51. The summed E-state index contributed by atoms with van der Waals surface area (Å²) >= 11 is 0. The summed E-state index contributed by atoms with van der Waals surface area (Å²) in [5.74, 6) is 1.18. The zero-order valence-corrected chi connectivity index (χ0v) is 7.85. The van der Waals surface area contributed by atoms with Crippen molar-refractivity contribution in [1.29, 1.82) is 0 Å². The van der Waals surface area contributed by atoms with Crippen LogP contribution in [0.15, 0.2) is 5.11 Å². The van der Waals surface area contributed by atoms with Crippen LogP contribution in [0.2, 0.25) is 0 Å². The minimum absolute atomic E-state index is 0.106. The van der Waals surface area contributed by atoms with Gasteiger partial charge < -0.3 is 5.11 Å². The van der Waals surface area contributed by atoms with Crippen LogP contribution in [0.1, 0.15) is 32.6 Å². The van der Waals surface area contributed by atoms with Crippen LogP contribution in [-0.2, 0) is 0 Å². The zero-order valence-electron chi connectivity index (χ0n) is 7.85. The summed E-state index contributed by atoms with van der Waals surface area (Å²) in [7, 11) is 0. The molecule has 0 radical (unpaired) electrons. The van der Waals surface area contributed by atoms with Gasteiger partial charge >= 0.3 is 0 Å². The van der Waals surface area contributed by atoms with Gasteiger partial charge in [-0.15, -0.1) is 0 Å². The number of azide groups is 1. The molecular weight excluding hydrogens is 166 g/mol. The number of nitrogens with zero attached hydrogens (tertiary/aromatic N) is 3. The summed E-state index contributed by atoms with van der Waals surface area (Å²) in [6, 6.07) is 0. The van der Waals surface area contributed by atoms with Gasteiger partial charge in [0.2, 0.25) is 0 Å². The van der Waals surface area contributed by atoms with Crippen molar-refractivity contribution < 1.29 is 5.11 Å². The molecule has 4 nitrogen and oxygen atoms in total. The Morgan fingerprint density at radius 3 is 2.38 bits per heavy atom. The van der Waals surface area contributed by atoms with Gasteiger partial charge in [-0.1, -0.05) is 12.0 Å². The van der Waals surface area contributed by atoms with Crippen LogP contribution in [-0.4, -0.2) is 16.7 Å². The summed E-state index contributed by atoms with van der Waals surface area (Å²) < 4.78 is 0. The number of hydrogen-bond acceptors (Lipinski definition) is 2. The van der Waals surface area contributed by atoms with E-state index in [-0.39, 0.29) is 11.6 Å². The van der Waals surface area contributed by atoms with Crippen molar-refractivity contribution in [2.75, 3.05) is 0 Å². The Morgan fingerprint density at radius 1 is 1.38 bits per heavy atom. The molecule has 2 fully saturated rings. The average Bonchev–Trinajstić information content (AvgIpc) is 2.41. The SMILES string of the molecule is C[C@]1(N=[N+]=[N-])C[C@H]2C[C@H](O)C[C@H]2C1. The number of fused-ring (bicyclic) bond motifs is 1. The lowest BCUT2D eigenvalue weighted by Gasteiger charge is -2.17. The minimum Gasteiger partial charge on any atom is -0.393 e. The van der Waals surface area contributed by atoms with Gasteiger partial charge in [0, 0.05) is 10.5 Å². The van der Waals surface area contributed by atoms with Crippen LogP contribution in [0.3, 0.4) is 0 Å². The molecule has 0 heterocycles. The quantitative estimate of drug-likeness (QED) is 0.376. The third kappa shape index (κ3) is 1.52. The van der Waals surface area contributed by atoms with Crippen LogP contribution in [0.5, 0.6) is 0 Å². The topological polar surface area (TPSA) is 69.0 Å². The molecule has 0 bridgehead atoms. The number of hydrogen-bond donors (Lipinski definition) is 1. The largest absolute Gasteiger partial charge is 0.393 e. The lowest BCUT2D eigenvalue weighted by Crippen LogP contribution is -2.18. The van der Waals surface area contributed by atoms with E-state index in [4.69, 9.17) is 5.53 Å². The Hall–Kier alpha value is -0.730. The smallest absolute Gasteiger partial charge is 0.0545 e. The molecule has 2 aliphatic rings. The highest BCUT2D eigenvalue weighted by Gasteiger charge is 2.46. The molecule has 72 valence electrons. The highest BCUT2D eigenvalue weighted by atomic mass is 16.3. The Kier molecular flexibility index (Phi) is 1.97. The third-order valence-electron chi connectivity index (χ3n) is 3.51. The van der Waals surface area contributed by atoms with E-state index in [9.17, 15) is 5.11 Å². The molecule has 2 aliphatic carbocycles. The first-order valence-corrected chi connectivity index (χ1v) is 4.87. The first-order valence-electron chi connectivity index (χ1n) is 4.87. The second kappa shape index (κ2) is 2.89. The van der Waals surface area contributed by atoms with Crippen molar-refractivity contribution in [3.05, 3.63) is 10.4 Å². The van der Waals surface area contributed by atoms with Gasteiger partial charge in [0.1, 0.15) is 0 Å². The van der Waals surface area contributed by atoms with Gasteiger partial charge in [-0.2, -0.15) is 0 Å². The summed E-state index contributed by atoms with van der Waals surface area (Å²) in [6.07, 6.45) is 3.62. The van der Waals surface area contributed by atoms with E-state index in [1.165, 1.54) is 0 Å². The average molecular weight is 181 g/mol. The molecule has 2 saturated carbocycles. The number of aliphatic hydroxyl groups is 1. The molecule has 0 amide bonds. The lowest BCUT2D eigenvalue weighted by atomic mass is 9.97. The Bertz CT molecular complexity index is 246. The van der Waals surface area contributed by atoms with Crippen LogP contribution in [0.4, 0.5) is 0 Å². The van der Waals surface area contributed by atoms with Crippen molar-refractivity contribution in [3.63, 3.8) is 0 Å². The first kappa shape index (κ1) is 8.85. The zero-order chi connectivity index (χ0) is 9.47. The van der Waals surface area contributed by atoms with Crippen molar-refractivity contribution >= 4 is 0 Å². The molecule has 0 aromatic rings. The summed E-state index contributed by atoms with van der Waals surface area (Å²) in [4.78, 5) is 2.90. The molecule has 4 atom stereocenters. The number of aliphatic hydroxyl groups excluding tert-OH is 1.